The van der Waals surface area contributed by atoms with Gasteiger partial charge in [0, 0.05) is 0 Å². The zero-order chi connectivity index (χ0) is 22.3. The first kappa shape index (κ1) is 22.1. The van der Waals surface area contributed by atoms with E-state index in [0.29, 0.717) is 5.56 Å². The van der Waals surface area contributed by atoms with Crippen molar-refractivity contribution in [2.45, 2.75) is 38.6 Å². The van der Waals surface area contributed by atoms with Gasteiger partial charge in [0.1, 0.15) is 12.1 Å². The molecule has 0 aromatic heterocycles. The number of rotatable bonds is 4. The van der Waals surface area contributed by atoms with Gasteiger partial charge in [-0.15, -0.1) is 0 Å². The lowest BCUT2D eigenvalue weighted by Crippen LogP contribution is -2.42. The smallest absolute Gasteiger partial charge is 0.322 e. The lowest BCUT2D eigenvalue weighted by atomic mass is 9.84. The van der Waals surface area contributed by atoms with Crippen molar-refractivity contribution in [2.24, 2.45) is 0 Å². The molecular weight excluding hydrogens is 425 g/mol. The number of halogens is 2. The average Bonchev–Trinajstić information content (AvgIpc) is 2.88. The van der Waals surface area contributed by atoms with Gasteiger partial charge in [0.2, 0.25) is 5.91 Å². The molecule has 0 bridgehead atoms. The number of hydrogen-bond acceptors (Lipinski definition) is 3. The van der Waals surface area contributed by atoms with E-state index >= 15 is 0 Å². The van der Waals surface area contributed by atoms with E-state index in [4.69, 9.17) is 23.2 Å². The molecule has 2 N–H and O–H groups in total. The Balaban J connectivity index is 1.78. The maximum absolute atomic E-state index is 13.1. The quantitative estimate of drug-likeness (QED) is 0.666. The maximum Gasteiger partial charge on any atom is 0.325 e. The molecule has 6 nitrogen and oxygen atoms in total. The molecule has 1 fully saturated rings. The van der Waals surface area contributed by atoms with Crippen molar-refractivity contribution >= 4 is 46.7 Å². The molecule has 0 aliphatic carbocycles. The van der Waals surface area contributed by atoms with Gasteiger partial charge in [-0.3, -0.25) is 14.5 Å². The van der Waals surface area contributed by atoms with Crippen molar-refractivity contribution in [3.05, 3.63) is 63.6 Å². The predicted octanol–water partition coefficient (Wildman–Crippen LogP) is 4.70. The highest BCUT2D eigenvalue weighted by atomic mass is 35.5. The third kappa shape index (κ3) is 4.16. The van der Waals surface area contributed by atoms with E-state index in [0.717, 1.165) is 10.5 Å². The first-order valence-electron chi connectivity index (χ1n) is 9.42. The maximum atomic E-state index is 13.1. The summed E-state index contributed by atoms with van der Waals surface area (Å²) in [6.07, 6.45) is 0. The Morgan fingerprint density at radius 2 is 1.63 bits per heavy atom. The molecule has 0 spiro atoms. The van der Waals surface area contributed by atoms with Crippen LogP contribution in [0.2, 0.25) is 10.0 Å². The Bertz CT molecular complexity index is 995. The molecule has 0 radical (unpaired) electrons. The van der Waals surface area contributed by atoms with E-state index in [1.807, 2.05) is 24.3 Å². The standard InChI is InChI=1S/C22H23Cl2N3O3/c1-21(2,3)13-8-10-14(11-9-13)22(4)19(29)27(20(30)26-22)12-17(28)25-18-15(23)6-5-7-16(18)24/h5-11H,12H2,1-4H3,(H,25,28)(H,26,30). The van der Waals surface area contributed by atoms with Gasteiger partial charge in [0.15, 0.2) is 0 Å². The molecule has 8 heteroatoms. The van der Waals surface area contributed by atoms with Gasteiger partial charge in [-0.05, 0) is 35.6 Å². The number of hydrogen-bond donors (Lipinski definition) is 2. The molecule has 1 atom stereocenters. The number of carbonyl (C=O) groups is 3. The molecule has 158 valence electrons. The van der Waals surface area contributed by atoms with Gasteiger partial charge in [0.05, 0.1) is 15.7 Å². The van der Waals surface area contributed by atoms with Crippen molar-refractivity contribution in [2.75, 3.05) is 11.9 Å². The number of para-hydroxylation sites is 1. The Kier molecular flexibility index (Phi) is 5.85. The molecular formula is C22H23Cl2N3O3. The number of urea groups is 1. The summed E-state index contributed by atoms with van der Waals surface area (Å²) in [5.74, 6) is -1.09. The highest BCUT2D eigenvalue weighted by Gasteiger charge is 2.49. The lowest BCUT2D eigenvalue weighted by Gasteiger charge is -2.24. The molecule has 0 saturated carbocycles. The summed E-state index contributed by atoms with van der Waals surface area (Å²) < 4.78 is 0. The van der Waals surface area contributed by atoms with E-state index in [2.05, 4.69) is 31.4 Å². The molecule has 1 heterocycles. The van der Waals surface area contributed by atoms with E-state index in [-0.39, 0.29) is 21.1 Å². The molecule has 1 aliphatic rings. The fourth-order valence-corrected chi connectivity index (χ4v) is 3.77. The predicted molar refractivity (Wildman–Crippen MR) is 118 cm³/mol. The summed E-state index contributed by atoms with van der Waals surface area (Å²) in [5, 5.41) is 5.78. The van der Waals surface area contributed by atoms with Gasteiger partial charge >= 0.3 is 6.03 Å². The van der Waals surface area contributed by atoms with Gasteiger partial charge in [-0.1, -0.05) is 74.3 Å². The van der Waals surface area contributed by atoms with Crippen LogP contribution in [0.5, 0.6) is 0 Å². The third-order valence-electron chi connectivity index (χ3n) is 5.13. The zero-order valence-corrected chi connectivity index (χ0v) is 18.7. The topological polar surface area (TPSA) is 78.5 Å². The van der Waals surface area contributed by atoms with Gasteiger partial charge in [-0.2, -0.15) is 0 Å². The monoisotopic (exact) mass is 447 g/mol. The fourth-order valence-electron chi connectivity index (χ4n) is 3.28. The van der Waals surface area contributed by atoms with E-state index in [1.165, 1.54) is 0 Å². The molecule has 2 aromatic rings. The van der Waals surface area contributed by atoms with Crippen LogP contribution in [0.25, 0.3) is 0 Å². The van der Waals surface area contributed by atoms with E-state index in [1.54, 1.807) is 25.1 Å². The van der Waals surface area contributed by atoms with Crippen LogP contribution in [0.4, 0.5) is 10.5 Å². The summed E-state index contributed by atoms with van der Waals surface area (Å²) in [6.45, 7) is 7.46. The number of carbonyl (C=O) groups excluding carboxylic acids is 3. The summed E-state index contributed by atoms with van der Waals surface area (Å²) in [7, 11) is 0. The number of amides is 4. The van der Waals surface area contributed by atoms with Crippen LogP contribution in [0.1, 0.15) is 38.8 Å². The van der Waals surface area contributed by atoms with Crippen molar-refractivity contribution < 1.29 is 14.4 Å². The molecule has 1 saturated heterocycles. The van der Waals surface area contributed by atoms with Crippen molar-refractivity contribution in [3.8, 4) is 0 Å². The summed E-state index contributed by atoms with van der Waals surface area (Å²) in [5.41, 5.74) is 0.700. The van der Waals surface area contributed by atoms with Crippen LogP contribution < -0.4 is 10.6 Å². The minimum absolute atomic E-state index is 0.0352. The van der Waals surface area contributed by atoms with Crippen LogP contribution in [0.3, 0.4) is 0 Å². The number of imide groups is 1. The number of nitrogens with one attached hydrogen (secondary N) is 2. The molecule has 4 amide bonds. The Labute approximate surface area is 185 Å². The summed E-state index contributed by atoms with van der Waals surface area (Å²) in [4.78, 5) is 38.9. The highest BCUT2D eigenvalue weighted by Crippen LogP contribution is 2.32. The Morgan fingerprint density at radius 3 is 2.17 bits per heavy atom. The molecule has 3 rings (SSSR count). The SMILES string of the molecule is CC(C)(C)c1ccc(C2(C)NC(=O)N(CC(=O)Nc3c(Cl)cccc3Cl)C2=O)cc1. The first-order chi connectivity index (χ1) is 13.9. The summed E-state index contributed by atoms with van der Waals surface area (Å²) >= 11 is 12.1. The number of nitrogens with zero attached hydrogens (tertiary/aromatic N) is 1. The Morgan fingerprint density at radius 1 is 1.07 bits per heavy atom. The van der Waals surface area contributed by atoms with Crippen LogP contribution in [0, 0.1) is 0 Å². The van der Waals surface area contributed by atoms with Crippen LogP contribution in [0.15, 0.2) is 42.5 Å². The number of anilines is 1. The van der Waals surface area contributed by atoms with Gasteiger partial charge < -0.3 is 10.6 Å². The van der Waals surface area contributed by atoms with Crippen molar-refractivity contribution in [1.29, 1.82) is 0 Å². The minimum Gasteiger partial charge on any atom is -0.322 e. The molecule has 30 heavy (non-hydrogen) atoms. The number of benzene rings is 2. The molecule has 2 aromatic carbocycles. The minimum atomic E-state index is -1.25. The highest BCUT2D eigenvalue weighted by molar-refractivity contribution is 6.39. The second kappa shape index (κ2) is 7.93. The summed E-state index contributed by atoms with van der Waals surface area (Å²) in [6, 6.07) is 11.7. The first-order valence-corrected chi connectivity index (χ1v) is 10.2. The zero-order valence-electron chi connectivity index (χ0n) is 17.2. The Hall–Kier alpha value is -2.57. The average molecular weight is 448 g/mol. The van der Waals surface area contributed by atoms with Gasteiger partial charge in [0.25, 0.3) is 5.91 Å². The van der Waals surface area contributed by atoms with Crippen LogP contribution in [-0.4, -0.2) is 29.3 Å². The lowest BCUT2D eigenvalue weighted by molar-refractivity contribution is -0.133. The van der Waals surface area contributed by atoms with E-state index < -0.39 is 29.9 Å². The second-order valence-electron chi connectivity index (χ2n) is 8.42. The molecule has 1 aliphatic heterocycles. The van der Waals surface area contributed by atoms with E-state index in [9.17, 15) is 14.4 Å². The van der Waals surface area contributed by atoms with Crippen LogP contribution >= 0.6 is 23.2 Å². The molecule has 1 unspecified atom stereocenters. The van der Waals surface area contributed by atoms with Crippen molar-refractivity contribution in [3.63, 3.8) is 0 Å². The third-order valence-corrected chi connectivity index (χ3v) is 5.76. The fraction of sp³-hybridized carbons (Fsp3) is 0.318. The van der Waals surface area contributed by atoms with Crippen LogP contribution in [-0.2, 0) is 20.5 Å². The van der Waals surface area contributed by atoms with Crippen molar-refractivity contribution in [1.82, 2.24) is 10.2 Å². The largest absolute Gasteiger partial charge is 0.325 e. The van der Waals surface area contributed by atoms with Gasteiger partial charge in [-0.25, -0.2) is 4.79 Å². The normalized spacial score (nSPS) is 19.1. The second-order valence-corrected chi connectivity index (χ2v) is 9.23.